The van der Waals surface area contributed by atoms with Crippen LogP contribution < -0.4 is 20.1 Å². The van der Waals surface area contributed by atoms with Crippen LogP contribution in [-0.4, -0.2) is 42.4 Å². The molecular formula is C22H25ClN4O3. The second kappa shape index (κ2) is 8.53. The molecule has 1 aliphatic heterocycles. The summed E-state index contributed by atoms with van der Waals surface area (Å²) in [6, 6.07) is 11.0. The molecule has 1 aliphatic rings. The molecule has 158 valence electrons. The average molecular weight is 429 g/mol. The van der Waals surface area contributed by atoms with Gasteiger partial charge in [-0.1, -0.05) is 23.7 Å². The fraction of sp³-hybridized carbons (Fsp3) is 0.364. The molecule has 1 saturated heterocycles. The lowest BCUT2D eigenvalue weighted by atomic mass is 9.87. The Bertz CT molecular complexity index is 1040. The summed E-state index contributed by atoms with van der Waals surface area (Å²) in [6.07, 6.45) is 1.15. The molecule has 0 amide bonds. The van der Waals surface area contributed by atoms with Crippen LogP contribution in [-0.2, 0) is 0 Å². The first-order chi connectivity index (χ1) is 14.5. The number of aliphatic hydroxyl groups excluding tert-OH is 1. The molecule has 0 bridgehead atoms. The van der Waals surface area contributed by atoms with E-state index in [4.69, 9.17) is 31.8 Å². The highest BCUT2D eigenvalue weighted by molar-refractivity contribution is 6.30. The summed E-state index contributed by atoms with van der Waals surface area (Å²) in [5, 5.41) is 12.1. The maximum absolute atomic E-state index is 10.7. The first-order valence-corrected chi connectivity index (χ1v) is 10.3. The van der Waals surface area contributed by atoms with Gasteiger partial charge in [0.1, 0.15) is 5.82 Å². The van der Waals surface area contributed by atoms with Crippen LogP contribution in [0.5, 0.6) is 11.5 Å². The topological polar surface area (TPSA) is 93.7 Å². The Morgan fingerprint density at radius 1 is 1.07 bits per heavy atom. The van der Waals surface area contributed by atoms with E-state index in [1.165, 1.54) is 0 Å². The molecule has 4 rings (SSSR count). The largest absolute Gasteiger partial charge is 0.493 e. The third-order valence-electron chi connectivity index (χ3n) is 5.70. The van der Waals surface area contributed by atoms with Gasteiger partial charge < -0.3 is 25.2 Å². The van der Waals surface area contributed by atoms with E-state index < -0.39 is 6.10 Å². The molecule has 1 unspecified atom stereocenters. The molecule has 8 heteroatoms. The summed E-state index contributed by atoms with van der Waals surface area (Å²) in [6.45, 7) is 1.49. The Labute approximate surface area is 180 Å². The van der Waals surface area contributed by atoms with E-state index in [2.05, 4.69) is 9.88 Å². The number of aromatic nitrogens is 2. The van der Waals surface area contributed by atoms with Crippen LogP contribution in [0.4, 0.5) is 11.8 Å². The van der Waals surface area contributed by atoms with Gasteiger partial charge in [0.15, 0.2) is 11.5 Å². The van der Waals surface area contributed by atoms with E-state index in [0.29, 0.717) is 33.8 Å². The number of hydrogen-bond acceptors (Lipinski definition) is 7. The minimum absolute atomic E-state index is 0.171. The molecule has 0 radical (unpaired) electrons. The Kier molecular flexibility index (Phi) is 5.83. The number of hydrogen-bond donors (Lipinski definition) is 2. The quantitative estimate of drug-likeness (QED) is 0.637. The average Bonchev–Trinajstić information content (AvgIpc) is 2.78. The van der Waals surface area contributed by atoms with Crippen molar-refractivity contribution in [2.75, 3.05) is 37.9 Å². The fourth-order valence-electron chi connectivity index (χ4n) is 3.96. The summed E-state index contributed by atoms with van der Waals surface area (Å²) in [7, 11) is 3.17. The molecular weight excluding hydrogens is 404 g/mol. The maximum Gasteiger partial charge on any atom is 0.227 e. The SMILES string of the molecule is COc1cc2nc(N3CCC(C(O)c4ccc(Cl)cc4)CC3)nc(N)c2cc1OC. The summed E-state index contributed by atoms with van der Waals surface area (Å²) >= 11 is 5.95. The maximum atomic E-state index is 10.7. The zero-order valence-corrected chi connectivity index (χ0v) is 17.8. The number of nitrogens with two attached hydrogens (primary N) is 1. The number of piperidine rings is 1. The van der Waals surface area contributed by atoms with E-state index in [1.54, 1.807) is 20.3 Å². The molecule has 3 N–H and O–H groups in total. The summed E-state index contributed by atoms with van der Waals surface area (Å²) in [4.78, 5) is 11.3. The van der Waals surface area contributed by atoms with Gasteiger partial charge in [0.05, 0.1) is 25.8 Å². The smallest absolute Gasteiger partial charge is 0.227 e. The van der Waals surface area contributed by atoms with Crippen LogP contribution in [0.2, 0.25) is 5.02 Å². The third kappa shape index (κ3) is 3.95. The van der Waals surface area contributed by atoms with Crippen molar-refractivity contribution in [3.05, 3.63) is 47.0 Å². The van der Waals surface area contributed by atoms with Gasteiger partial charge in [0.2, 0.25) is 5.95 Å². The molecule has 30 heavy (non-hydrogen) atoms. The Morgan fingerprint density at radius 3 is 2.33 bits per heavy atom. The standard InChI is InChI=1S/C22H25ClN4O3/c1-29-18-11-16-17(12-19(18)30-2)25-22(26-21(16)24)27-9-7-14(8-10-27)20(28)13-3-5-15(23)6-4-13/h3-6,11-12,14,20,28H,7-10H2,1-2H3,(H2,24,25,26). The van der Waals surface area contributed by atoms with Crippen LogP contribution in [0.25, 0.3) is 10.9 Å². The molecule has 0 saturated carbocycles. The Balaban J connectivity index is 1.52. The van der Waals surface area contributed by atoms with E-state index in [-0.39, 0.29) is 5.92 Å². The first-order valence-electron chi connectivity index (χ1n) is 9.88. The number of rotatable bonds is 5. The van der Waals surface area contributed by atoms with Gasteiger partial charge in [-0.15, -0.1) is 0 Å². The minimum atomic E-state index is -0.510. The van der Waals surface area contributed by atoms with Crippen LogP contribution in [0, 0.1) is 5.92 Å². The lowest BCUT2D eigenvalue weighted by molar-refractivity contribution is 0.0928. The van der Waals surface area contributed by atoms with Gasteiger partial charge in [-0.3, -0.25) is 0 Å². The normalized spacial score (nSPS) is 15.9. The molecule has 7 nitrogen and oxygen atoms in total. The van der Waals surface area contributed by atoms with Crippen molar-refractivity contribution >= 4 is 34.3 Å². The number of aliphatic hydroxyl groups is 1. The molecule has 3 aromatic rings. The number of nitrogen functional groups attached to an aromatic ring is 1. The predicted octanol–water partition coefficient (Wildman–Crippen LogP) is 3.83. The molecule has 1 atom stereocenters. The van der Waals surface area contributed by atoms with E-state index in [1.807, 2.05) is 30.3 Å². The number of ether oxygens (including phenoxy) is 2. The molecule has 0 spiro atoms. The Morgan fingerprint density at radius 2 is 1.70 bits per heavy atom. The van der Waals surface area contributed by atoms with Crippen LogP contribution in [0.15, 0.2) is 36.4 Å². The molecule has 2 aromatic carbocycles. The zero-order chi connectivity index (χ0) is 21.3. The summed E-state index contributed by atoms with van der Waals surface area (Å²) in [5.74, 6) is 2.35. The van der Waals surface area contributed by atoms with Crippen molar-refractivity contribution in [2.45, 2.75) is 18.9 Å². The van der Waals surface area contributed by atoms with E-state index in [0.717, 1.165) is 36.9 Å². The highest BCUT2D eigenvalue weighted by Crippen LogP contribution is 2.36. The molecule has 0 aliphatic carbocycles. The number of anilines is 2. The number of halogens is 1. The molecule has 1 fully saturated rings. The first kappa shape index (κ1) is 20.5. The molecule has 1 aromatic heterocycles. The van der Waals surface area contributed by atoms with Crippen molar-refractivity contribution < 1.29 is 14.6 Å². The number of methoxy groups -OCH3 is 2. The lowest BCUT2D eigenvalue weighted by Gasteiger charge is -2.34. The second-order valence-corrected chi connectivity index (χ2v) is 7.89. The number of fused-ring (bicyclic) bond motifs is 1. The fourth-order valence-corrected chi connectivity index (χ4v) is 4.08. The second-order valence-electron chi connectivity index (χ2n) is 7.45. The van der Waals surface area contributed by atoms with Gasteiger partial charge in [-0.2, -0.15) is 4.98 Å². The van der Waals surface area contributed by atoms with Crippen LogP contribution in [0.3, 0.4) is 0 Å². The van der Waals surface area contributed by atoms with Crippen molar-refractivity contribution in [1.82, 2.24) is 9.97 Å². The lowest BCUT2D eigenvalue weighted by Crippen LogP contribution is -2.36. The zero-order valence-electron chi connectivity index (χ0n) is 17.0. The predicted molar refractivity (Wildman–Crippen MR) is 118 cm³/mol. The van der Waals surface area contributed by atoms with Crippen LogP contribution in [0.1, 0.15) is 24.5 Å². The monoisotopic (exact) mass is 428 g/mol. The van der Waals surface area contributed by atoms with E-state index >= 15 is 0 Å². The highest BCUT2D eigenvalue weighted by atomic mass is 35.5. The third-order valence-corrected chi connectivity index (χ3v) is 5.95. The van der Waals surface area contributed by atoms with Crippen molar-refractivity contribution in [3.63, 3.8) is 0 Å². The van der Waals surface area contributed by atoms with Crippen molar-refractivity contribution in [2.24, 2.45) is 5.92 Å². The van der Waals surface area contributed by atoms with Gasteiger partial charge >= 0.3 is 0 Å². The van der Waals surface area contributed by atoms with E-state index in [9.17, 15) is 5.11 Å². The van der Waals surface area contributed by atoms with Crippen molar-refractivity contribution in [3.8, 4) is 11.5 Å². The van der Waals surface area contributed by atoms with Gasteiger partial charge in [0, 0.05) is 29.6 Å². The Hall–Kier alpha value is -2.77. The highest BCUT2D eigenvalue weighted by Gasteiger charge is 2.28. The van der Waals surface area contributed by atoms with Gasteiger partial charge in [-0.05, 0) is 42.5 Å². The number of benzene rings is 2. The number of nitrogens with zero attached hydrogens (tertiary/aromatic N) is 3. The minimum Gasteiger partial charge on any atom is -0.493 e. The summed E-state index contributed by atoms with van der Waals surface area (Å²) in [5.41, 5.74) is 7.82. The summed E-state index contributed by atoms with van der Waals surface area (Å²) < 4.78 is 10.7. The van der Waals surface area contributed by atoms with Crippen molar-refractivity contribution in [1.29, 1.82) is 0 Å². The molecule has 2 heterocycles. The van der Waals surface area contributed by atoms with Gasteiger partial charge in [0.25, 0.3) is 0 Å². The van der Waals surface area contributed by atoms with Crippen LogP contribution >= 0.6 is 11.6 Å². The van der Waals surface area contributed by atoms with Gasteiger partial charge in [-0.25, -0.2) is 4.98 Å².